The molecule has 0 saturated heterocycles. The summed E-state index contributed by atoms with van der Waals surface area (Å²) in [6, 6.07) is 0. The normalized spacial score (nSPS) is 15.9. The molecule has 0 aliphatic carbocycles. The minimum absolute atomic E-state index is 0.473. The molecule has 5 heteroatoms. The third kappa shape index (κ3) is 1.52. The molecule has 0 bridgehead atoms. The number of Topliss-reactive ketones (excluding diaryl/α,β-unsaturated/α-hetero) is 1. The van der Waals surface area contributed by atoms with E-state index >= 15 is 0 Å². The van der Waals surface area contributed by atoms with Crippen molar-refractivity contribution >= 4 is 11.8 Å². The standard InChI is InChI=1S/C5H9NO4/c1-5(10,4(8)9)3(7)2-6/h10H,2,6H2,1H3,(H,8,9). The summed E-state index contributed by atoms with van der Waals surface area (Å²) in [5.74, 6) is -2.48. The number of nitrogens with two attached hydrogens (primary N) is 1. The highest BCUT2D eigenvalue weighted by Gasteiger charge is 2.37. The minimum Gasteiger partial charge on any atom is -0.479 e. The van der Waals surface area contributed by atoms with Crippen molar-refractivity contribution in [3.05, 3.63) is 0 Å². The Balaban J connectivity index is 4.40. The van der Waals surface area contributed by atoms with Crippen molar-refractivity contribution in [3.63, 3.8) is 0 Å². The van der Waals surface area contributed by atoms with E-state index in [1.165, 1.54) is 0 Å². The first-order valence-corrected chi connectivity index (χ1v) is 2.62. The number of carbonyl (C=O) groups is 2. The van der Waals surface area contributed by atoms with Gasteiger partial charge in [-0.15, -0.1) is 0 Å². The summed E-state index contributed by atoms with van der Waals surface area (Å²) in [5.41, 5.74) is 2.48. The highest BCUT2D eigenvalue weighted by atomic mass is 16.4. The van der Waals surface area contributed by atoms with E-state index < -0.39 is 23.9 Å². The van der Waals surface area contributed by atoms with Crippen molar-refractivity contribution in [2.45, 2.75) is 12.5 Å². The van der Waals surface area contributed by atoms with Crippen LogP contribution in [0, 0.1) is 0 Å². The Bertz CT molecular complexity index is 163. The summed E-state index contributed by atoms with van der Waals surface area (Å²) in [7, 11) is 0. The lowest BCUT2D eigenvalue weighted by atomic mass is 10.0. The predicted molar refractivity (Wildman–Crippen MR) is 32.3 cm³/mol. The molecule has 5 nitrogen and oxygen atoms in total. The fraction of sp³-hybridized carbons (Fsp3) is 0.600. The van der Waals surface area contributed by atoms with E-state index in [-0.39, 0.29) is 0 Å². The van der Waals surface area contributed by atoms with E-state index in [1.807, 2.05) is 0 Å². The van der Waals surface area contributed by atoms with E-state index in [1.54, 1.807) is 0 Å². The molecule has 4 N–H and O–H groups in total. The molecule has 0 rings (SSSR count). The third-order valence-electron chi connectivity index (χ3n) is 1.14. The topological polar surface area (TPSA) is 101 Å². The lowest BCUT2D eigenvalue weighted by Gasteiger charge is -2.13. The first-order chi connectivity index (χ1) is 4.42. The molecule has 0 aliphatic rings. The van der Waals surface area contributed by atoms with Crippen LogP contribution in [0.2, 0.25) is 0 Å². The second-order valence-electron chi connectivity index (χ2n) is 2.00. The van der Waals surface area contributed by atoms with Crippen molar-refractivity contribution in [2.24, 2.45) is 5.73 Å². The van der Waals surface area contributed by atoms with Crippen LogP contribution in [-0.4, -0.2) is 34.1 Å². The van der Waals surface area contributed by atoms with E-state index in [4.69, 9.17) is 15.9 Å². The quantitative estimate of drug-likeness (QED) is 0.415. The maximum Gasteiger partial charge on any atom is 0.343 e. The van der Waals surface area contributed by atoms with Gasteiger partial charge in [-0.05, 0) is 6.92 Å². The number of hydrogen-bond acceptors (Lipinski definition) is 4. The zero-order valence-electron chi connectivity index (χ0n) is 5.50. The van der Waals surface area contributed by atoms with Gasteiger partial charge in [-0.3, -0.25) is 4.79 Å². The number of hydrogen-bond donors (Lipinski definition) is 3. The van der Waals surface area contributed by atoms with Gasteiger partial charge in [0.05, 0.1) is 6.54 Å². The lowest BCUT2D eigenvalue weighted by molar-refractivity contribution is -0.162. The molecule has 0 radical (unpaired) electrons. The second kappa shape index (κ2) is 2.76. The van der Waals surface area contributed by atoms with E-state index in [0.717, 1.165) is 6.92 Å². The zero-order valence-corrected chi connectivity index (χ0v) is 5.50. The van der Waals surface area contributed by atoms with Crippen LogP contribution in [0.5, 0.6) is 0 Å². The van der Waals surface area contributed by atoms with Gasteiger partial charge in [-0.1, -0.05) is 0 Å². The van der Waals surface area contributed by atoms with E-state index in [9.17, 15) is 9.59 Å². The monoisotopic (exact) mass is 147 g/mol. The Morgan fingerprint density at radius 3 is 2.10 bits per heavy atom. The van der Waals surface area contributed by atoms with Crippen LogP contribution < -0.4 is 5.73 Å². The van der Waals surface area contributed by atoms with E-state index in [0.29, 0.717) is 0 Å². The molecule has 58 valence electrons. The Hall–Kier alpha value is -0.940. The lowest BCUT2D eigenvalue weighted by Crippen LogP contribution is -2.46. The molecule has 1 atom stereocenters. The van der Waals surface area contributed by atoms with Gasteiger partial charge < -0.3 is 15.9 Å². The molecule has 0 heterocycles. The van der Waals surface area contributed by atoms with Crippen LogP contribution in [0.15, 0.2) is 0 Å². The summed E-state index contributed by atoms with van der Waals surface area (Å²) < 4.78 is 0. The van der Waals surface area contributed by atoms with Crippen molar-refractivity contribution in [1.29, 1.82) is 0 Å². The largest absolute Gasteiger partial charge is 0.479 e. The molecule has 0 saturated carbocycles. The fourth-order valence-corrected chi connectivity index (χ4v) is 0.318. The van der Waals surface area contributed by atoms with Gasteiger partial charge in [-0.2, -0.15) is 0 Å². The average molecular weight is 147 g/mol. The molecule has 0 aromatic rings. The first-order valence-electron chi connectivity index (χ1n) is 2.62. The number of aliphatic hydroxyl groups is 1. The molecule has 0 aromatic heterocycles. The second-order valence-corrected chi connectivity index (χ2v) is 2.00. The number of ketones is 1. The molecular formula is C5H9NO4. The van der Waals surface area contributed by atoms with Crippen molar-refractivity contribution in [1.82, 2.24) is 0 Å². The van der Waals surface area contributed by atoms with Crippen LogP contribution in [0.4, 0.5) is 0 Å². The SMILES string of the molecule is CC(O)(C(=O)O)C(=O)CN. The summed E-state index contributed by atoms with van der Waals surface area (Å²) in [4.78, 5) is 20.6. The highest BCUT2D eigenvalue weighted by Crippen LogP contribution is 2.02. The van der Waals surface area contributed by atoms with Gasteiger partial charge in [0, 0.05) is 0 Å². The predicted octanol–water partition coefficient (Wildman–Crippen LogP) is -1.65. The van der Waals surface area contributed by atoms with Crippen LogP contribution in [0.25, 0.3) is 0 Å². The number of aliphatic carboxylic acids is 1. The van der Waals surface area contributed by atoms with Crippen LogP contribution in [-0.2, 0) is 9.59 Å². The summed E-state index contributed by atoms with van der Waals surface area (Å²) >= 11 is 0. The number of rotatable bonds is 3. The van der Waals surface area contributed by atoms with E-state index in [2.05, 4.69) is 0 Å². The summed E-state index contributed by atoms with van der Waals surface area (Å²) in [5, 5.41) is 17.0. The zero-order chi connectivity index (χ0) is 8.36. The Kier molecular flexibility index (Phi) is 2.50. The molecule has 10 heavy (non-hydrogen) atoms. The fourth-order valence-electron chi connectivity index (χ4n) is 0.318. The van der Waals surface area contributed by atoms with Gasteiger partial charge in [-0.25, -0.2) is 4.79 Å². The summed E-state index contributed by atoms with van der Waals surface area (Å²) in [6.07, 6.45) is 0. The van der Waals surface area contributed by atoms with Gasteiger partial charge >= 0.3 is 5.97 Å². The maximum absolute atomic E-state index is 10.5. The maximum atomic E-state index is 10.5. The van der Waals surface area contributed by atoms with Crippen molar-refractivity contribution in [3.8, 4) is 0 Å². The molecule has 0 fully saturated rings. The molecular weight excluding hydrogens is 138 g/mol. The number of carbonyl (C=O) groups excluding carboxylic acids is 1. The third-order valence-corrected chi connectivity index (χ3v) is 1.14. The van der Waals surface area contributed by atoms with Crippen LogP contribution in [0.3, 0.4) is 0 Å². The van der Waals surface area contributed by atoms with Crippen molar-refractivity contribution in [2.75, 3.05) is 6.54 Å². The molecule has 0 aliphatic heterocycles. The smallest absolute Gasteiger partial charge is 0.343 e. The van der Waals surface area contributed by atoms with Gasteiger partial charge in [0.15, 0.2) is 5.78 Å². The van der Waals surface area contributed by atoms with Crippen molar-refractivity contribution < 1.29 is 19.8 Å². The van der Waals surface area contributed by atoms with Gasteiger partial charge in [0.2, 0.25) is 5.60 Å². The number of carboxylic acids is 1. The summed E-state index contributed by atoms with van der Waals surface area (Å²) in [6.45, 7) is 0.420. The highest BCUT2D eigenvalue weighted by molar-refractivity contribution is 6.06. The first kappa shape index (κ1) is 9.06. The molecule has 0 spiro atoms. The molecule has 1 unspecified atom stereocenters. The molecule has 0 aromatic carbocycles. The van der Waals surface area contributed by atoms with Gasteiger partial charge in [0.25, 0.3) is 0 Å². The molecule has 0 amide bonds. The Labute approximate surface area is 57.5 Å². The average Bonchev–Trinajstić information content (AvgIpc) is 1.86. The van der Waals surface area contributed by atoms with Crippen LogP contribution in [0.1, 0.15) is 6.92 Å². The Morgan fingerprint density at radius 2 is 2.00 bits per heavy atom. The van der Waals surface area contributed by atoms with Gasteiger partial charge in [0.1, 0.15) is 0 Å². The minimum atomic E-state index is -2.34. The van der Waals surface area contributed by atoms with Crippen LogP contribution >= 0.6 is 0 Å². The number of carboxylic acid groups (broad SMARTS) is 1. The Morgan fingerprint density at radius 1 is 1.60 bits per heavy atom.